The summed E-state index contributed by atoms with van der Waals surface area (Å²) in [5.74, 6) is -0.810. The van der Waals surface area contributed by atoms with Gasteiger partial charge < -0.3 is 4.84 Å². The van der Waals surface area contributed by atoms with Crippen molar-refractivity contribution in [2.45, 2.75) is 6.92 Å². The smallest absolute Gasteiger partial charge is 0.329 e. The lowest BCUT2D eigenvalue weighted by molar-refractivity contribution is -0.145. The molecule has 0 radical (unpaired) electrons. The van der Waals surface area contributed by atoms with Crippen LogP contribution in [0.2, 0.25) is 5.02 Å². The van der Waals surface area contributed by atoms with Gasteiger partial charge in [-0.05, 0) is 6.07 Å². The standard InChI is InChI=1S/C10H11ClN4O2/c1-7(16)17-15-10(12)14-13-6-8-4-2-3-5-9(8)11/h2-6H,1H3,(H3,12,14,15). The number of hydroxylamine groups is 1. The molecular weight excluding hydrogens is 244 g/mol. The van der Waals surface area contributed by atoms with E-state index in [0.717, 1.165) is 0 Å². The molecule has 0 heterocycles. The number of hydrazone groups is 1. The lowest BCUT2D eigenvalue weighted by atomic mass is 10.2. The first-order valence-corrected chi connectivity index (χ1v) is 5.03. The second-order valence-electron chi connectivity index (χ2n) is 2.96. The summed E-state index contributed by atoms with van der Waals surface area (Å²) in [6, 6.07) is 7.12. The molecule has 7 heteroatoms. The SMILES string of the molecule is CC(=O)ONC(=N)NN=Cc1ccccc1Cl. The molecule has 17 heavy (non-hydrogen) atoms. The largest absolute Gasteiger partial charge is 0.341 e. The van der Waals surface area contributed by atoms with Gasteiger partial charge in [-0.25, -0.2) is 5.43 Å². The number of halogens is 1. The van der Waals surface area contributed by atoms with Crippen molar-refractivity contribution in [3.8, 4) is 0 Å². The summed E-state index contributed by atoms with van der Waals surface area (Å²) in [4.78, 5) is 14.8. The summed E-state index contributed by atoms with van der Waals surface area (Å²) in [7, 11) is 0. The lowest BCUT2D eigenvalue weighted by Crippen LogP contribution is -2.34. The predicted octanol–water partition coefficient (Wildman–Crippen LogP) is 1.27. The number of carbonyl (C=O) groups is 1. The summed E-state index contributed by atoms with van der Waals surface area (Å²) in [5, 5.41) is 11.6. The van der Waals surface area contributed by atoms with Gasteiger partial charge in [0.2, 0.25) is 5.96 Å². The number of guanidine groups is 1. The normalized spacial score (nSPS) is 10.0. The highest BCUT2D eigenvalue weighted by molar-refractivity contribution is 6.33. The van der Waals surface area contributed by atoms with Gasteiger partial charge in [-0.2, -0.15) is 10.6 Å². The van der Waals surface area contributed by atoms with Crippen molar-refractivity contribution in [1.29, 1.82) is 5.41 Å². The van der Waals surface area contributed by atoms with Gasteiger partial charge in [0.25, 0.3) is 0 Å². The maximum Gasteiger partial charge on any atom is 0.329 e. The number of nitrogens with zero attached hydrogens (tertiary/aromatic N) is 1. The maximum absolute atomic E-state index is 10.4. The van der Waals surface area contributed by atoms with Crippen molar-refractivity contribution in [2.24, 2.45) is 5.10 Å². The quantitative estimate of drug-likeness (QED) is 0.421. The molecule has 90 valence electrons. The van der Waals surface area contributed by atoms with Crippen LogP contribution in [-0.4, -0.2) is 18.1 Å². The first kappa shape index (κ1) is 13.0. The van der Waals surface area contributed by atoms with Gasteiger partial charge in [-0.1, -0.05) is 29.8 Å². The molecule has 0 amide bonds. The monoisotopic (exact) mass is 254 g/mol. The van der Waals surface area contributed by atoms with E-state index >= 15 is 0 Å². The van der Waals surface area contributed by atoms with E-state index in [4.69, 9.17) is 17.0 Å². The van der Waals surface area contributed by atoms with Crippen LogP contribution in [0.3, 0.4) is 0 Å². The Morgan fingerprint density at radius 2 is 2.24 bits per heavy atom. The van der Waals surface area contributed by atoms with Crippen molar-refractivity contribution >= 4 is 29.7 Å². The van der Waals surface area contributed by atoms with Gasteiger partial charge in [0.1, 0.15) is 0 Å². The molecule has 0 saturated heterocycles. The summed E-state index contributed by atoms with van der Waals surface area (Å²) in [6.45, 7) is 1.22. The molecule has 0 bridgehead atoms. The molecule has 0 aromatic heterocycles. The Labute approximate surface area is 103 Å². The predicted molar refractivity (Wildman–Crippen MR) is 64.8 cm³/mol. The first-order chi connectivity index (χ1) is 8.09. The molecule has 1 rings (SSSR count). The molecule has 6 nitrogen and oxygen atoms in total. The summed E-state index contributed by atoms with van der Waals surface area (Å²) in [6.07, 6.45) is 1.45. The minimum atomic E-state index is -0.549. The maximum atomic E-state index is 10.4. The molecule has 3 N–H and O–H groups in total. The molecule has 0 spiro atoms. The zero-order chi connectivity index (χ0) is 12.7. The van der Waals surface area contributed by atoms with Crippen LogP contribution in [-0.2, 0) is 9.63 Å². The number of nitrogens with one attached hydrogen (secondary N) is 3. The van der Waals surface area contributed by atoms with Gasteiger partial charge in [0.15, 0.2) is 0 Å². The van der Waals surface area contributed by atoms with Crippen LogP contribution < -0.4 is 10.9 Å². The summed E-state index contributed by atoms with van der Waals surface area (Å²) < 4.78 is 0. The fourth-order valence-corrected chi connectivity index (χ4v) is 1.08. The second-order valence-corrected chi connectivity index (χ2v) is 3.37. The van der Waals surface area contributed by atoms with E-state index in [1.807, 2.05) is 6.07 Å². The summed E-state index contributed by atoms with van der Waals surface area (Å²) in [5.41, 5.74) is 5.09. The fourth-order valence-electron chi connectivity index (χ4n) is 0.892. The van der Waals surface area contributed by atoms with E-state index in [9.17, 15) is 4.79 Å². The number of hydrogen-bond donors (Lipinski definition) is 3. The Morgan fingerprint density at radius 1 is 1.53 bits per heavy atom. The average molecular weight is 255 g/mol. The van der Waals surface area contributed by atoms with E-state index in [1.54, 1.807) is 18.2 Å². The van der Waals surface area contributed by atoms with E-state index in [0.29, 0.717) is 10.6 Å². The second kappa shape index (κ2) is 6.49. The van der Waals surface area contributed by atoms with Gasteiger partial charge in [0.05, 0.1) is 6.21 Å². The number of hydrogen-bond acceptors (Lipinski definition) is 4. The highest BCUT2D eigenvalue weighted by atomic mass is 35.5. The zero-order valence-electron chi connectivity index (χ0n) is 9.03. The van der Waals surface area contributed by atoms with Crippen molar-refractivity contribution in [3.63, 3.8) is 0 Å². The van der Waals surface area contributed by atoms with Crippen LogP contribution in [0.1, 0.15) is 12.5 Å². The van der Waals surface area contributed by atoms with Crippen LogP contribution in [0, 0.1) is 5.41 Å². The molecule has 1 aromatic rings. The van der Waals surface area contributed by atoms with E-state index in [1.165, 1.54) is 13.1 Å². The van der Waals surface area contributed by atoms with E-state index < -0.39 is 5.97 Å². The Balaban J connectivity index is 2.43. The van der Waals surface area contributed by atoms with E-state index in [2.05, 4.69) is 20.8 Å². The molecule has 0 unspecified atom stereocenters. The van der Waals surface area contributed by atoms with Gasteiger partial charge in [0, 0.05) is 17.5 Å². The number of carbonyl (C=O) groups excluding carboxylic acids is 1. The topological polar surface area (TPSA) is 86.6 Å². The highest BCUT2D eigenvalue weighted by Gasteiger charge is 1.96. The molecule has 0 aliphatic carbocycles. The first-order valence-electron chi connectivity index (χ1n) is 4.65. The zero-order valence-corrected chi connectivity index (χ0v) is 9.78. The van der Waals surface area contributed by atoms with Gasteiger partial charge in [-0.3, -0.25) is 10.2 Å². The van der Waals surface area contributed by atoms with Crippen LogP contribution >= 0.6 is 11.6 Å². The Bertz CT molecular complexity index is 448. The van der Waals surface area contributed by atoms with E-state index in [-0.39, 0.29) is 5.96 Å². The third-order valence-electron chi connectivity index (χ3n) is 1.58. The Morgan fingerprint density at radius 3 is 2.88 bits per heavy atom. The van der Waals surface area contributed by atoms with Crippen molar-refractivity contribution < 1.29 is 9.63 Å². The number of benzene rings is 1. The van der Waals surface area contributed by atoms with Gasteiger partial charge in [-0.15, -0.1) is 0 Å². The Kier molecular flexibility index (Phi) is 4.96. The van der Waals surface area contributed by atoms with Crippen molar-refractivity contribution in [2.75, 3.05) is 0 Å². The van der Waals surface area contributed by atoms with Crippen LogP contribution in [0.4, 0.5) is 0 Å². The average Bonchev–Trinajstić information content (AvgIpc) is 2.29. The Hall–Kier alpha value is -2.08. The van der Waals surface area contributed by atoms with Gasteiger partial charge >= 0.3 is 5.97 Å². The van der Waals surface area contributed by atoms with Crippen molar-refractivity contribution in [3.05, 3.63) is 34.9 Å². The minimum absolute atomic E-state index is 0.261. The lowest BCUT2D eigenvalue weighted by Gasteiger charge is -2.04. The molecule has 0 saturated carbocycles. The molecule has 1 aromatic carbocycles. The van der Waals surface area contributed by atoms with Crippen LogP contribution in [0.5, 0.6) is 0 Å². The highest BCUT2D eigenvalue weighted by Crippen LogP contribution is 2.11. The fraction of sp³-hybridized carbons (Fsp3) is 0.100. The molecule has 0 aliphatic rings. The third-order valence-corrected chi connectivity index (χ3v) is 1.93. The third kappa shape index (κ3) is 4.98. The van der Waals surface area contributed by atoms with Crippen LogP contribution in [0.25, 0.3) is 0 Å². The molecule has 0 fully saturated rings. The molecule has 0 aliphatic heterocycles. The minimum Gasteiger partial charge on any atom is -0.341 e. The van der Waals surface area contributed by atoms with Crippen LogP contribution in [0.15, 0.2) is 29.4 Å². The number of rotatable bonds is 2. The molecule has 0 atom stereocenters. The summed E-state index contributed by atoms with van der Waals surface area (Å²) >= 11 is 5.88. The van der Waals surface area contributed by atoms with Crippen molar-refractivity contribution in [1.82, 2.24) is 10.9 Å². The molecular formula is C10H11ClN4O2.